The van der Waals surface area contributed by atoms with Gasteiger partial charge in [0.15, 0.2) is 11.4 Å². The summed E-state index contributed by atoms with van der Waals surface area (Å²) in [6.45, 7) is 6.48. The smallest absolute Gasteiger partial charge is 0.337 e. The molecule has 5 rings (SSSR count). The second-order valence-electron chi connectivity index (χ2n) is 9.42. The molecule has 2 aromatic carbocycles. The third kappa shape index (κ3) is 4.64. The monoisotopic (exact) mass is 508 g/mol. The van der Waals surface area contributed by atoms with Crippen molar-refractivity contribution >= 4 is 28.8 Å². The number of carboxylic acid groups (broad SMARTS) is 1. The van der Waals surface area contributed by atoms with Gasteiger partial charge in [0.2, 0.25) is 0 Å². The Kier molecular flexibility index (Phi) is 6.71. The van der Waals surface area contributed by atoms with Gasteiger partial charge in [-0.1, -0.05) is 30.3 Å². The molecule has 9 heteroatoms. The van der Waals surface area contributed by atoms with Crippen LogP contribution in [-0.2, 0) is 0 Å². The molecule has 0 amide bonds. The van der Waals surface area contributed by atoms with Crippen LogP contribution in [0.2, 0.25) is 0 Å². The summed E-state index contributed by atoms with van der Waals surface area (Å²) >= 11 is 0. The first-order valence-electron chi connectivity index (χ1n) is 12.5. The minimum absolute atomic E-state index is 0.0176. The number of piperazine rings is 1. The number of carbonyl (C=O) groups is 1. The number of rotatable bonds is 6. The van der Waals surface area contributed by atoms with Gasteiger partial charge in [-0.15, -0.1) is 0 Å². The summed E-state index contributed by atoms with van der Waals surface area (Å²) in [4.78, 5) is 34.4. The third-order valence-electron chi connectivity index (χ3n) is 6.88. The van der Waals surface area contributed by atoms with E-state index in [0.717, 1.165) is 29.9 Å². The molecule has 0 spiro atoms. The van der Waals surface area contributed by atoms with E-state index in [1.807, 2.05) is 43.0 Å². The van der Waals surface area contributed by atoms with E-state index in [2.05, 4.69) is 28.4 Å². The Balaban J connectivity index is 1.53. The molecule has 4 aromatic rings. The Morgan fingerprint density at radius 3 is 2.39 bits per heavy atom. The highest BCUT2D eigenvalue weighted by atomic mass is 16.4. The quantitative estimate of drug-likeness (QED) is 0.401. The topological polar surface area (TPSA) is 114 Å². The lowest BCUT2D eigenvalue weighted by Crippen LogP contribution is -2.47. The number of pyridine rings is 1. The first kappa shape index (κ1) is 24.8. The van der Waals surface area contributed by atoms with Gasteiger partial charge in [0, 0.05) is 49.3 Å². The minimum atomic E-state index is -1.03. The van der Waals surface area contributed by atoms with Gasteiger partial charge in [-0.2, -0.15) is 5.26 Å². The number of fused-ring (bicyclic) bond motifs is 1. The van der Waals surface area contributed by atoms with E-state index in [9.17, 15) is 20.0 Å². The predicted molar refractivity (Wildman–Crippen MR) is 147 cm³/mol. The van der Waals surface area contributed by atoms with Crippen molar-refractivity contribution in [2.75, 3.05) is 41.3 Å². The van der Waals surface area contributed by atoms with Crippen LogP contribution in [0.1, 0.15) is 40.0 Å². The number of aromatic carboxylic acids is 1. The van der Waals surface area contributed by atoms with Gasteiger partial charge in [0.05, 0.1) is 11.6 Å². The van der Waals surface area contributed by atoms with Crippen molar-refractivity contribution in [3.8, 4) is 6.07 Å². The van der Waals surface area contributed by atoms with Crippen molar-refractivity contribution < 1.29 is 9.90 Å². The van der Waals surface area contributed by atoms with Crippen LogP contribution in [0.5, 0.6) is 0 Å². The summed E-state index contributed by atoms with van der Waals surface area (Å²) in [6.07, 6.45) is 1.68. The molecule has 0 saturated carbocycles. The molecule has 1 atom stereocenters. The zero-order valence-electron chi connectivity index (χ0n) is 21.3. The minimum Gasteiger partial charge on any atom is -0.478 e. The molecule has 0 aliphatic carbocycles. The van der Waals surface area contributed by atoms with Crippen molar-refractivity contribution in [2.45, 2.75) is 19.9 Å². The molecule has 1 saturated heterocycles. The number of aryl methyl sites for hydroxylation is 1. The standard InChI is InChI=1S/C29H28N6O3/c1-19-16-23(20(2)31-25-11-7-6-10-22(25)29(37)38)27-32-26(24(17-30)28(36)35(27)18-19)34-14-12-33(13-15-34)21-8-4-3-5-9-21/h3-11,16,18,20,31H,12-15H2,1-2H3,(H,37,38). The largest absolute Gasteiger partial charge is 0.478 e. The molecule has 1 fully saturated rings. The lowest BCUT2D eigenvalue weighted by Gasteiger charge is -2.37. The van der Waals surface area contributed by atoms with Crippen LogP contribution in [0.25, 0.3) is 5.65 Å². The summed E-state index contributed by atoms with van der Waals surface area (Å²) in [6, 6.07) is 20.5. The Labute approximate surface area is 220 Å². The van der Waals surface area contributed by atoms with Crippen LogP contribution in [0.3, 0.4) is 0 Å². The molecule has 1 aliphatic heterocycles. The summed E-state index contributed by atoms with van der Waals surface area (Å²) in [5, 5.41) is 22.8. The molecule has 38 heavy (non-hydrogen) atoms. The molecule has 2 aromatic heterocycles. The van der Waals surface area contributed by atoms with Crippen molar-refractivity contribution in [3.63, 3.8) is 0 Å². The molecular formula is C29H28N6O3. The number of nitriles is 1. The number of carboxylic acids is 1. The summed E-state index contributed by atoms with van der Waals surface area (Å²) in [7, 11) is 0. The number of benzene rings is 2. The maximum absolute atomic E-state index is 13.5. The fraction of sp³-hybridized carbons (Fsp3) is 0.241. The number of hydrogen-bond donors (Lipinski definition) is 2. The lowest BCUT2D eigenvalue weighted by atomic mass is 10.1. The molecule has 192 valence electrons. The third-order valence-corrected chi connectivity index (χ3v) is 6.88. The van der Waals surface area contributed by atoms with Crippen LogP contribution >= 0.6 is 0 Å². The van der Waals surface area contributed by atoms with E-state index in [1.54, 1.807) is 30.5 Å². The highest BCUT2D eigenvalue weighted by molar-refractivity contribution is 5.94. The molecule has 1 aliphatic rings. The Morgan fingerprint density at radius 2 is 1.71 bits per heavy atom. The van der Waals surface area contributed by atoms with Gasteiger partial charge in [0.1, 0.15) is 11.7 Å². The SMILES string of the molecule is Cc1cc(C(C)Nc2ccccc2C(=O)O)c2nc(N3CCN(c4ccccc4)CC3)c(C#N)c(=O)n2c1. The van der Waals surface area contributed by atoms with E-state index >= 15 is 0 Å². The van der Waals surface area contributed by atoms with Gasteiger partial charge in [-0.3, -0.25) is 9.20 Å². The molecular weight excluding hydrogens is 480 g/mol. The first-order valence-corrected chi connectivity index (χ1v) is 12.5. The van der Waals surface area contributed by atoms with Gasteiger partial charge >= 0.3 is 5.97 Å². The zero-order valence-corrected chi connectivity index (χ0v) is 21.3. The number of hydrogen-bond acceptors (Lipinski definition) is 7. The van der Waals surface area contributed by atoms with Crippen molar-refractivity contribution in [1.82, 2.24) is 9.38 Å². The Bertz CT molecular complexity index is 1600. The maximum atomic E-state index is 13.5. The fourth-order valence-corrected chi connectivity index (χ4v) is 4.96. The van der Waals surface area contributed by atoms with Crippen LogP contribution in [0.15, 0.2) is 71.7 Å². The second-order valence-corrected chi connectivity index (χ2v) is 9.42. The number of anilines is 3. The summed E-state index contributed by atoms with van der Waals surface area (Å²) in [5.41, 5.74) is 3.36. The van der Waals surface area contributed by atoms with E-state index in [4.69, 9.17) is 4.98 Å². The summed E-state index contributed by atoms with van der Waals surface area (Å²) in [5.74, 6) is -0.646. The van der Waals surface area contributed by atoms with Gasteiger partial charge in [-0.05, 0) is 49.7 Å². The molecule has 0 bridgehead atoms. The van der Waals surface area contributed by atoms with Crippen LogP contribution < -0.4 is 20.7 Å². The molecule has 9 nitrogen and oxygen atoms in total. The Hall–Kier alpha value is -4.84. The predicted octanol–water partition coefficient (Wildman–Crippen LogP) is 4.07. The molecule has 0 radical (unpaired) electrons. The van der Waals surface area contributed by atoms with Gasteiger partial charge in [0.25, 0.3) is 5.56 Å². The van der Waals surface area contributed by atoms with E-state index in [-0.39, 0.29) is 17.2 Å². The summed E-state index contributed by atoms with van der Waals surface area (Å²) < 4.78 is 1.42. The van der Waals surface area contributed by atoms with E-state index in [0.29, 0.717) is 30.2 Å². The first-order chi connectivity index (χ1) is 18.4. The lowest BCUT2D eigenvalue weighted by molar-refractivity contribution is 0.0698. The number of aromatic nitrogens is 2. The average Bonchev–Trinajstić information content (AvgIpc) is 2.93. The highest BCUT2D eigenvalue weighted by Gasteiger charge is 2.25. The fourth-order valence-electron chi connectivity index (χ4n) is 4.96. The van der Waals surface area contributed by atoms with Crippen molar-refractivity contribution in [1.29, 1.82) is 5.26 Å². The second kappa shape index (κ2) is 10.3. The normalized spacial score (nSPS) is 14.2. The van der Waals surface area contributed by atoms with E-state index in [1.165, 1.54) is 4.40 Å². The van der Waals surface area contributed by atoms with Crippen LogP contribution in [-0.4, -0.2) is 46.6 Å². The number of nitrogens with one attached hydrogen (secondary N) is 1. The average molecular weight is 509 g/mol. The van der Waals surface area contributed by atoms with Crippen LogP contribution in [0, 0.1) is 18.3 Å². The molecule has 2 N–H and O–H groups in total. The van der Waals surface area contributed by atoms with Crippen molar-refractivity contribution in [3.05, 3.63) is 99.5 Å². The van der Waals surface area contributed by atoms with Crippen LogP contribution in [0.4, 0.5) is 17.2 Å². The Morgan fingerprint density at radius 1 is 1.05 bits per heavy atom. The highest BCUT2D eigenvalue weighted by Crippen LogP contribution is 2.28. The zero-order chi connectivity index (χ0) is 26.8. The van der Waals surface area contributed by atoms with Crippen molar-refractivity contribution in [2.24, 2.45) is 0 Å². The number of nitrogens with zero attached hydrogens (tertiary/aromatic N) is 5. The van der Waals surface area contributed by atoms with Gasteiger partial charge < -0.3 is 20.2 Å². The maximum Gasteiger partial charge on any atom is 0.337 e. The number of para-hydroxylation sites is 2. The van der Waals surface area contributed by atoms with Gasteiger partial charge in [-0.25, -0.2) is 9.78 Å². The van der Waals surface area contributed by atoms with E-state index < -0.39 is 11.5 Å². The molecule has 1 unspecified atom stereocenters. The molecule has 3 heterocycles.